The Morgan fingerprint density at radius 3 is 2.36 bits per heavy atom. The van der Waals surface area contributed by atoms with Crippen molar-refractivity contribution in [1.29, 1.82) is 10.5 Å². The highest BCUT2D eigenvalue weighted by Crippen LogP contribution is 2.29. The monoisotopic (exact) mass is 478 g/mol. The average molecular weight is 479 g/mol. The predicted octanol–water partition coefficient (Wildman–Crippen LogP) is 6.11. The van der Waals surface area contributed by atoms with Crippen LogP contribution in [-0.2, 0) is 4.79 Å². The topological polar surface area (TPSA) is 129 Å². The van der Waals surface area contributed by atoms with Crippen LogP contribution in [0.5, 0.6) is 11.5 Å². The fraction of sp³-hybridized carbons (Fsp3) is 0. The number of hydrogen-bond acceptors (Lipinski definition) is 6. The zero-order valence-electron chi connectivity index (χ0n) is 16.6. The third-order valence-corrected chi connectivity index (χ3v) is 4.99. The van der Waals surface area contributed by atoms with Gasteiger partial charge in [0.1, 0.15) is 34.8 Å². The van der Waals surface area contributed by atoms with E-state index in [0.29, 0.717) is 22.0 Å². The van der Waals surface area contributed by atoms with E-state index in [2.05, 4.69) is 5.32 Å². The molecule has 0 radical (unpaired) electrons. The van der Waals surface area contributed by atoms with Crippen molar-refractivity contribution in [3.05, 3.63) is 97.5 Å². The standard InChI is InChI=1S/C23H12Cl2N4O4/c24-20-7-3-17(11-21(20)25)28-23(30)16(13-27)9-14-1-5-19(6-2-14)33-22-8-4-18(29(31)32)10-15(22)12-26/h1-11H,(H,28,30)/b16-9+. The Kier molecular flexibility index (Phi) is 7.27. The van der Waals surface area contributed by atoms with E-state index in [-0.39, 0.29) is 27.6 Å². The van der Waals surface area contributed by atoms with Crippen LogP contribution in [0.3, 0.4) is 0 Å². The molecule has 0 heterocycles. The SMILES string of the molecule is N#C/C(=C\c1ccc(Oc2ccc([N+](=O)[O-])cc2C#N)cc1)C(=O)Nc1ccc(Cl)c(Cl)c1. The Bertz CT molecular complexity index is 1360. The first-order valence-electron chi connectivity index (χ1n) is 9.15. The Hall–Kier alpha value is -4.37. The highest BCUT2D eigenvalue weighted by molar-refractivity contribution is 6.42. The van der Waals surface area contributed by atoms with Gasteiger partial charge in [0.2, 0.25) is 0 Å². The van der Waals surface area contributed by atoms with E-state index in [0.717, 1.165) is 6.07 Å². The summed E-state index contributed by atoms with van der Waals surface area (Å²) < 4.78 is 5.64. The summed E-state index contributed by atoms with van der Waals surface area (Å²) in [6.45, 7) is 0. The van der Waals surface area contributed by atoms with Crippen LogP contribution in [0.15, 0.2) is 66.2 Å². The molecule has 3 aromatic carbocycles. The lowest BCUT2D eigenvalue weighted by Gasteiger charge is -2.08. The summed E-state index contributed by atoms with van der Waals surface area (Å²) >= 11 is 11.8. The third-order valence-electron chi connectivity index (χ3n) is 4.26. The minimum absolute atomic E-state index is 0.0129. The van der Waals surface area contributed by atoms with Gasteiger partial charge in [0.15, 0.2) is 0 Å². The molecule has 162 valence electrons. The number of benzene rings is 3. The molecule has 0 aliphatic heterocycles. The smallest absolute Gasteiger partial charge is 0.271 e. The maximum absolute atomic E-state index is 12.4. The molecule has 1 amide bonds. The second-order valence-electron chi connectivity index (χ2n) is 6.47. The maximum Gasteiger partial charge on any atom is 0.271 e. The molecule has 0 aliphatic carbocycles. The molecule has 3 aromatic rings. The van der Waals surface area contributed by atoms with Crippen LogP contribution in [-0.4, -0.2) is 10.8 Å². The number of nitriles is 2. The highest BCUT2D eigenvalue weighted by atomic mass is 35.5. The zero-order chi connectivity index (χ0) is 24.0. The predicted molar refractivity (Wildman–Crippen MR) is 123 cm³/mol. The molecule has 0 unspecified atom stereocenters. The molecule has 0 aliphatic rings. The number of halogens is 2. The van der Waals surface area contributed by atoms with Crippen LogP contribution in [0.4, 0.5) is 11.4 Å². The summed E-state index contributed by atoms with van der Waals surface area (Å²) in [4.78, 5) is 22.7. The number of carbonyl (C=O) groups excluding carboxylic acids is 1. The number of amides is 1. The zero-order valence-corrected chi connectivity index (χ0v) is 18.1. The van der Waals surface area contributed by atoms with Gasteiger partial charge in [-0.2, -0.15) is 10.5 Å². The maximum atomic E-state index is 12.4. The van der Waals surface area contributed by atoms with Gasteiger partial charge in [0.05, 0.1) is 15.0 Å². The van der Waals surface area contributed by atoms with Gasteiger partial charge in [-0.15, -0.1) is 0 Å². The van der Waals surface area contributed by atoms with Crippen LogP contribution < -0.4 is 10.1 Å². The molecule has 3 rings (SSSR count). The lowest BCUT2D eigenvalue weighted by molar-refractivity contribution is -0.384. The number of nitrogens with zero attached hydrogens (tertiary/aromatic N) is 3. The number of ether oxygens (including phenoxy) is 1. The summed E-state index contributed by atoms with van der Waals surface area (Å²) in [5.41, 5.74) is 0.585. The van der Waals surface area contributed by atoms with Gasteiger partial charge < -0.3 is 10.1 Å². The van der Waals surface area contributed by atoms with Crippen molar-refractivity contribution in [3.8, 4) is 23.6 Å². The van der Waals surface area contributed by atoms with Gasteiger partial charge in [-0.25, -0.2) is 0 Å². The van der Waals surface area contributed by atoms with E-state index in [1.54, 1.807) is 30.3 Å². The molecular weight excluding hydrogens is 467 g/mol. The molecule has 0 fully saturated rings. The Morgan fingerprint density at radius 2 is 1.76 bits per heavy atom. The van der Waals surface area contributed by atoms with Crippen molar-refractivity contribution in [2.24, 2.45) is 0 Å². The Balaban J connectivity index is 1.75. The molecule has 33 heavy (non-hydrogen) atoms. The van der Waals surface area contributed by atoms with E-state index in [1.807, 2.05) is 12.1 Å². The Morgan fingerprint density at radius 1 is 1.03 bits per heavy atom. The van der Waals surface area contributed by atoms with Crippen LogP contribution in [0, 0.1) is 32.8 Å². The third kappa shape index (κ3) is 5.86. The van der Waals surface area contributed by atoms with Crippen molar-refractivity contribution < 1.29 is 14.5 Å². The Labute approximate surface area is 198 Å². The van der Waals surface area contributed by atoms with Crippen molar-refractivity contribution >= 4 is 46.6 Å². The van der Waals surface area contributed by atoms with Crippen molar-refractivity contribution in [1.82, 2.24) is 0 Å². The lowest BCUT2D eigenvalue weighted by atomic mass is 10.1. The van der Waals surface area contributed by atoms with Gasteiger partial charge in [0.25, 0.3) is 11.6 Å². The van der Waals surface area contributed by atoms with Crippen LogP contribution in [0.25, 0.3) is 6.08 Å². The van der Waals surface area contributed by atoms with Crippen LogP contribution in [0.1, 0.15) is 11.1 Å². The first-order chi connectivity index (χ1) is 15.8. The fourth-order valence-electron chi connectivity index (χ4n) is 2.65. The number of carbonyl (C=O) groups is 1. The first-order valence-corrected chi connectivity index (χ1v) is 9.91. The van der Waals surface area contributed by atoms with Gasteiger partial charge in [-0.05, 0) is 48.0 Å². The highest BCUT2D eigenvalue weighted by Gasteiger charge is 2.13. The lowest BCUT2D eigenvalue weighted by Crippen LogP contribution is -2.13. The molecule has 0 spiro atoms. The van der Waals surface area contributed by atoms with Gasteiger partial charge in [0, 0.05) is 17.8 Å². The molecule has 0 saturated heterocycles. The van der Waals surface area contributed by atoms with E-state index >= 15 is 0 Å². The number of nitrogens with one attached hydrogen (secondary N) is 1. The molecule has 1 N–H and O–H groups in total. The van der Waals surface area contributed by atoms with Crippen molar-refractivity contribution in [2.75, 3.05) is 5.32 Å². The molecule has 0 saturated carbocycles. The fourth-order valence-corrected chi connectivity index (χ4v) is 2.95. The number of hydrogen-bond donors (Lipinski definition) is 1. The van der Waals surface area contributed by atoms with Crippen LogP contribution >= 0.6 is 23.2 Å². The van der Waals surface area contributed by atoms with Crippen LogP contribution in [0.2, 0.25) is 10.0 Å². The molecule has 0 aromatic heterocycles. The number of rotatable bonds is 6. The van der Waals surface area contributed by atoms with E-state index in [1.165, 1.54) is 30.3 Å². The summed E-state index contributed by atoms with van der Waals surface area (Å²) in [5, 5.41) is 32.6. The molecular formula is C23H12Cl2N4O4. The average Bonchev–Trinajstić information content (AvgIpc) is 2.81. The number of non-ortho nitro benzene ring substituents is 1. The van der Waals surface area contributed by atoms with Crippen molar-refractivity contribution in [3.63, 3.8) is 0 Å². The minimum Gasteiger partial charge on any atom is -0.456 e. The number of anilines is 1. The normalized spacial score (nSPS) is 10.6. The number of nitro benzene ring substituents is 1. The van der Waals surface area contributed by atoms with E-state index in [4.69, 9.17) is 27.9 Å². The molecule has 0 atom stereocenters. The van der Waals surface area contributed by atoms with E-state index < -0.39 is 10.8 Å². The number of nitro groups is 1. The quantitative estimate of drug-likeness (QED) is 0.197. The van der Waals surface area contributed by atoms with Gasteiger partial charge in [-0.3, -0.25) is 14.9 Å². The van der Waals surface area contributed by atoms with Crippen molar-refractivity contribution in [2.45, 2.75) is 0 Å². The first kappa shape index (κ1) is 23.3. The second kappa shape index (κ2) is 10.3. The molecule has 0 bridgehead atoms. The summed E-state index contributed by atoms with van der Waals surface area (Å²) in [6, 6.07) is 18.3. The summed E-state index contributed by atoms with van der Waals surface area (Å²) in [5.74, 6) is -0.109. The molecule has 10 heteroatoms. The van der Waals surface area contributed by atoms with Gasteiger partial charge in [-0.1, -0.05) is 35.3 Å². The van der Waals surface area contributed by atoms with Gasteiger partial charge >= 0.3 is 0 Å². The largest absolute Gasteiger partial charge is 0.456 e. The van der Waals surface area contributed by atoms with E-state index in [9.17, 15) is 25.4 Å². The summed E-state index contributed by atoms with van der Waals surface area (Å²) in [6.07, 6.45) is 1.39. The minimum atomic E-state index is -0.624. The molecule has 8 nitrogen and oxygen atoms in total. The second-order valence-corrected chi connectivity index (χ2v) is 7.29. The summed E-state index contributed by atoms with van der Waals surface area (Å²) in [7, 11) is 0.